The summed E-state index contributed by atoms with van der Waals surface area (Å²) in [5.41, 5.74) is 0. The van der Waals surface area contributed by atoms with E-state index < -0.39 is 0 Å². The standard InChI is InChI=1S/C17H29BrN2O/c18-7-8-19-9-11-20(12-10-19)17(21)16-6-5-14-3-1-2-4-15(14)13-16/h14-16H,1-13H2. The third-order valence-corrected chi connectivity index (χ3v) is 6.33. The van der Waals surface area contributed by atoms with Crippen molar-refractivity contribution in [3.8, 4) is 0 Å². The summed E-state index contributed by atoms with van der Waals surface area (Å²) in [6, 6.07) is 0. The maximum Gasteiger partial charge on any atom is 0.225 e. The Labute approximate surface area is 137 Å². The summed E-state index contributed by atoms with van der Waals surface area (Å²) in [6.07, 6.45) is 9.28. The second-order valence-electron chi connectivity index (χ2n) is 7.17. The van der Waals surface area contributed by atoms with Gasteiger partial charge in [-0.3, -0.25) is 9.69 Å². The lowest BCUT2D eigenvalue weighted by Crippen LogP contribution is -2.51. The lowest BCUT2D eigenvalue weighted by Gasteiger charge is -2.41. The molecule has 3 rings (SSSR count). The molecule has 3 unspecified atom stereocenters. The fourth-order valence-corrected chi connectivity index (χ4v) is 5.17. The minimum Gasteiger partial charge on any atom is -0.340 e. The molecule has 21 heavy (non-hydrogen) atoms. The Morgan fingerprint density at radius 3 is 2.38 bits per heavy atom. The van der Waals surface area contributed by atoms with E-state index in [0.29, 0.717) is 11.8 Å². The summed E-state index contributed by atoms with van der Waals surface area (Å²) in [5, 5.41) is 1.03. The highest BCUT2D eigenvalue weighted by molar-refractivity contribution is 9.09. The molecule has 1 amide bonds. The lowest BCUT2D eigenvalue weighted by atomic mass is 9.67. The van der Waals surface area contributed by atoms with Crippen LogP contribution in [0.15, 0.2) is 0 Å². The topological polar surface area (TPSA) is 23.6 Å². The molecule has 3 fully saturated rings. The zero-order valence-electron chi connectivity index (χ0n) is 13.1. The van der Waals surface area contributed by atoms with Crippen LogP contribution < -0.4 is 0 Å². The van der Waals surface area contributed by atoms with Crippen LogP contribution >= 0.6 is 15.9 Å². The smallest absolute Gasteiger partial charge is 0.225 e. The molecule has 0 aromatic rings. The Morgan fingerprint density at radius 2 is 1.67 bits per heavy atom. The highest BCUT2D eigenvalue weighted by Crippen LogP contribution is 2.43. The normalized spacial score (nSPS) is 34.5. The van der Waals surface area contributed by atoms with Crippen LogP contribution in [0.3, 0.4) is 0 Å². The van der Waals surface area contributed by atoms with Crippen molar-refractivity contribution in [3.63, 3.8) is 0 Å². The molecular formula is C17H29BrN2O. The van der Waals surface area contributed by atoms with Gasteiger partial charge in [-0.2, -0.15) is 0 Å². The van der Waals surface area contributed by atoms with Gasteiger partial charge in [0.15, 0.2) is 0 Å². The molecule has 4 heteroatoms. The minimum atomic E-state index is 0.340. The van der Waals surface area contributed by atoms with Gasteiger partial charge in [0.05, 0.1) is 0 Å². The summed E-state index contributed by atoms with van der Waals surface area (Å²) in [4.78, 5) is 17.4. The molecule has 3 atom stereocenters. The maximum atomic E-state index is 12.8. The average molecular weight is 357 g/mol. The van der Waals surface area contributed by atoms with Crippen LogP contribution in [-0.2, 0) is 4.79 Å². The third-order valence-electron chi connectivity index (χ3n) is 5.97. The first-order valence-electron chi connectivity index (χ1n) is 8.85. The second kappa shape index (κ2) is 7.45. The molecule has 1 saturated heterocycles. The van der Waals surface area contributed by atoms with Crippen LogP contribution in [0.4, 0.5) is 0 Å². The number of halogens is 1. The molecule has 1 heterocycles. The van der Waals surface area contributed by atoms with Gasteiger partial charge < -0.3 is 4.90 Å². The van der Waals surface area contributed by atoms with Crippen LogP contribution in [0.1, 0.15) is 44.9 Å². The first-order valence-corrected chi connectivity index (χ1v) is 9.97. The molecule has 0 N–H and O–H groups in total. The van der Waals surface area contributed by atoms with Gasteiger partial charge in [0.25, 0.3) is 0 Å². The SMILES string of the molecule is O=C(C1CCC2CCCCC2C1)N1CCN(CCBr)CC1. The Morgan fingerprint density at radius 1 is 0.952 bits per heavy atom. The van der Waals surface area contributed by atoms with Crippen LogP contribution in [0.25, 0.3) is 0 Å². The highest BCUT2D eigenvalue weighted by atomic mass is 79.9. The maximum absolute atomic E-state index is 12.8. The Bertz CT molecular complexity index is 355. The fourth-order valence-electron chi connectivity index (χ4n) is 4.67. The predicted octanol–water partition coefficient (Wildman–Crippen LogP) is 3.13. The first kappa shape index (κ1) is 15.8. The molecular weight excluding hydrogens is 328 g/mol. The number of hydrogen-bond acceptors (Lipinski definition) is 2. The van der Waals surface area contributed by atoms with E-state index in [4.69, 9.17) is 0 Å². The van der Waals surface area contributed by atoms with Crippen molar-refractivity contribution in [3.05, 3.63) is 0 Å². The molecule has 1 aliphatic heterocycles. The minimum absolute atomic E-state index is 0.340. The van der Waals surface area contributed by atoms with Crippen LogP contribution in [0, 0.1) is 17.8 Å². The largest absolute Gasteiger partial charge is 0.340 e. The van der Waals surface area contributed by atoms with E-state index in [1.165, 1.54) is 38.5 Å². The summed E-state index contributed by atoms with van der Waals surface area (Å²) in [5.74, 6) is 2.61. The van der Waals surface area contributed by atoms with E-state index in [-0.39, 0.29) is 0 Å². The highest BCUT2D eigenvalue weighted by Gasteiger charge is 2.37. The molecule has 120 valence electrons. The van der Waals surface area contributed by atoms with E-state index in [1.807, 2.05) is 0 Å². The van der Waals surface area contributed by atoms with E-state index >= 15 is 0 Å². The number of carbonyl (C=O) groups excluding carboxylic acids is 1. The number of alkyl halides is 1. The van der Waals surface area contributed by atoms with Gasteiger partial charge in [-0.15, -0.1) is 0 Å². The van der Waals surface area contributed by atoms with Crippen molar-refractivity contribution in [2.75, 3.05) is 38.1 Å². The second-order valence-corrected chi connectivity index (χ2v) is 7.96. The van der Waals surface area contributed by atoms with E-state index in [9.17, 15) is 4.79 Å². The van der Waals surface area contributed by atoms with Crippen molar-refractivity contribution < 1.29 is 4.79 Å². The van der Waals surface area contributed by atoms with Gasteiger partial charge in [-0.25, -0.2) is 0 Å². The summed E-state index contributed by atoms with van der Waals surface area (Å²) in [6.45, 7) is 5.09. The first-order chi connectivity index (χ1) is 10.3. The number of rotatable bonds is 3. The van der Waals surface area contributed by atoms with Crippen molar-refractivity contribution in [2.45, 2.75) is 44.9 Å². The van der Waals surface area contributed by atoms with Gasteiger partial charge in [0.2, 0.25) is 5.91 Å². The van der Waals surface area contributed by atoms with Crippen LogP contribution in [0.5, 0.6) is 0 Å². The summed E-state index contributed by atoms with van der Waals surface area (Å²) >= 11 is 3.50. The number of carbonyl (C=O) groups is 1. The van der Waals surface area contributed by atoms with Crippen molar-refractivity contribution in [1.82, 2.24) is 9.80 Å². The fraction of sp³-hybridized carbons (Fsp3) is 0.941. The zero-order valence-corrected chi connectivity index (χ0v) is 14.7. The van der Waals surface area contributed by atoms with Gasteiger partial charge in [0.1, 0.15) is 0 Å². The van der Waals surface area contributed by atoms with Crippen LogP contribution in [0.2, 0.25) is 0 Å². The molecule has 2 aliphatic carbocycles. The van der Waals surface area contributed by atoms with Crippen molar-refractivity contribution in [1.29, 1.82) is 0 Å². The van der Waals surface area contributed by atoms with Gasteiger partial charge in [-0.05, 0) is 31.1 Å². The average Bonchev–Trinajstić information content (AvgIpc) is 2.55. The molecule has 0 aromatic carbocycles. The third kappa shape index (κ3) is 3.82. The lowest BCUT2D eigenvalue weighted by molar-refractivity contribution is -0.139. The Balaban J connectivity index is 1.49. The number of piperazine rings is 1. The van der Waals surface area contributed by atoms with E-state index in [1.54, 1.807) is 0 Å². The summed E-state index contributed by atoms with van der Waals surface area (Å²) in [7, 11) is 0. The van der Waals surface area contributed by atoms with Crippen molar-refractivity contribution in [2.24, 2.45) is 17.8 Å². The van der Waals surface area contributed by atoms with Gasteiger partial charge >= 0.3 is 0 Å². The molecule has 0 aromatic heterocycles. The van der Waals surface area contributed by atoms with E-state index in [0.717, 1.165) is 56.3 Å². The molecule has 0 spiro atoms. The molecule has 2 saturated carbocycles. The molecule has 0 bridgehead atoms. The predicted molar refractivity (Wildman–Crippen MR) is 89.6 cm³/mol. The number of fused-ring (bicyclic) bond motifs is 1. The van der Waals surface area contributed by atoms with Gasteiger partial charge in [-0.1, -0.05) is 41.6 Å². The molecule has 0 radical (unpaired) electrons. The zero-order chi connectivity index (χ0) is 14.7. The van der Waals surface area contributed by atoms with Crippen molar-refractivity contribution >= 4 is 21.8 Å². The number of hydrogen-bond donors (Lipinski definition) is 0. The molecule has 3 nitrogen and oxygen atoms in total. The Hall–Kier alpha value is -0.0900. The number of nitrogens with zero attached hydrogens (tertiary/aromatic N) is 2. The summed E-state index contributed by atoms with van der Waals surface area (Å²) < 4.78 is 0. The quantitative estimate of drug-likeness (QED) is 0.725. The van der Waals surface area contributed by atoms with Crippen LogP contribution in [-0.4, -0.2) is 53.8 Å². The molecule has 3 aliphatic rings. The Kier molecular flexibility index (Phi) is 5.60. The number of amides is 1. The van der Waals surface area contributed by atoms with Gasteiger partial charge in [0, 0.05) is 44.0 Å². The monoisotopic (exact) mass is 356 g/mol. The van der Waals surface area contributed by atoms with E-state index in [2.05, 4.69) is 25.7 Å².